The predicted octanol–water partition coefficient (Wildman–Crippen LogP) is 0.798. The zero-order valence-electron chi connectivity index (χ0n) is 5.83. The van der Waals surface area contributed by atoms with Crippen LogP contribution in [-0.2, 0) is 0 Å². The number of rotatable bonds is 1. The van der Waals surface area contributed by atoms with Crippen LogP contribution in [0, 0.1) is 0 Å². The quantitative estimate of drug-likeness (QED) is 0.608. The number of nitrogens with one attached hydrogen (secondary N) is 2. The van der Waals surface area contributed by atoms with Crippen molar-refractivity contribution in [2.24, 2.45) is 0 Å². The van der Waals surface area contributed by atoms with Crippen molar-refractivity contribution in [3.63, 3.8) is 0 Å². The smallest absolute Gasteiger partial charge is 0.167 e. The van der Waals surface area contributed by atoms with Gasteiger partial charge in [0.2, 0.25) is 0 Å². The minimum absolute atomic E-state index is 0.206. The highest BCUT2D eigenvalue weighted by Gasteiger charge is 2.20. The Hall–Kier alpha value is -1.03. The number of hydrogen-bond acceptors (Lipinski definition) is 2. The molecule has 0 bridgehead atoms. The van der Waals surface area contributed by atoms with Gasteiger partial charge in [-0.1, -0.05) is 0 Å². The summed E-state index contributed by atoms with van der Waals surface area (Å²) in [5, 5.41) is 6.80. The van der Waals surface area contributed by atoms with Gasteiger partial charge in [-0.2, -0.15) is 0 Å². The molecule has 0 amide bonds. The lowest BCUT2D eigenvalue weighted by Crippen LogP contribution is -2.21. The monoisotopic (exact) mass is 168 g/mol. The van der Waals surface area contributed by atoms with E-state index >= 15 is 0 Å². The Morgan fingerprint density at radius 3 is 3.09 bits per heavy atom. The predicted molar refractivity (Wildman–Crippen MR) is 45.2 cm³/mol. The first kappa shape index (κ1) is 6.67. The number of thiocarbonyl (C=S) groups is 1. The minimum atomic E-state index is 0.206. The molecular formula is C7H8N2OS. The van der Waals surface area contributed by atoms with Crippen molar-refractivity contribution >= 4 is 17.3 Å². The second kappa shape index (κ2) is 2.54. The fourth-order valence-electron chi connectivity index (χ4n) is 1.12. The fraction of sp³-hybridized carbons (Fsp3) is 0.286. The van der Waals surface area contributed by atoms with Gasteiger partial charge < -0.3 is 15.1 Å². The van der Waals surface area contributed by atoms with E-state index in [1.807, 2.05) is 12.1 Å². The van der Waals surface area contributed by atoms with E-state index in [2.05, 4.69) is 10.6 Å². The maximum Gasteiger partial charge on any atom is 0.167 e. The highest BCUT2D eigenvalue weighted by Crippen LogP contribution is 2.14. The molecule has 2 rings (SSSR count). The van der Waals surface area contributed by atoms with E-state index in [9.17, 15) is 0 Å². The third-order valence-electron chi connectivity index (χ3n) is 1.66. The molecule has 0 saturated carbocycles. The molecule has 11 heavy (non-hydrogen) atoms. The largest absolute Gasteiger partial charge is 0.467 e. The first-order valence-corrected chi connectivity index (χ1v) is 3.85. The van der Waals surface area contributed by atoms with Gasteiger partial charge in [0.05, 0.1) is 6.26 Å². The number of hydrogen-bond donors (Lipinski definition) is 2. The average Bonchev–Trinajstić information content (AvgIpc) is 2.55. The maximum absolute atomic E-state index is 5.20. The van der Waals surface area contributed by atoms with Crippen molar-refractivity contribution in [2.75, 3.05) is 6.54 Å². The highest BCUT2D eigenvalue weighted by atomic mass is 32.1. The van der Waals surface area contributed by atoms with E-state index in [1.165, 1.54) is 0 Å². The van der Waals surface area contributed by atoms with Crippen LogP contribution in [0.2, 0.25) is 0 Å². The summed E-state index contributed by atoms with van der Waals surface area (Å²) in [5.74, 6) is 0.928. The van der Waals surface area contributed by atoms with Crippen LogP contribution >= 0.6 is 12.2 Å². The van der Waals surface area contributed by atoms with Crippen LogP contribution in [0.15, 0.2) is 22.8 Å². The van der Waals surface area contributed by atoms with Crippen molar-refractivity contribution in [2.45, 2.75) is 6.04 Å². The Bertz CT molecular complexity index is 257. The first-order valence-electron chi connectivity index (χ1n) is 3.44. The molecule has 0 aromatic carbocycles. The van der Waals surface area contributed by atoms with Gasteiger partial charge in [-0.3, -0.25) is 0 Å². The number of furan rings is 1. The van der Waals surface area contributed by atoms with Crippen LogP contribution < -0.4 is 10.6 Å². The van der Waals surface area contributed by atoms with Gasteiger partial charge in [0, 0.05) is 6.54 Å². The molecular weight excluding hydrogens is 160 g/mol. The SMILES string of the molecule is S=C1NCC(c2ccco2)N1. The van der Waals surface area contributed by atoms with E-state index in [1.54, 1.807) is 6.26 Å². The molecule has 4 heteroatoms. The Labute approximate surface area is 69.8 Å². The van der Waals surface area contributed by atoms with Gasteiger partial charge in [-0.05, 0) is 24.4 Å². The molecule has 1 aliphatic rings. The van der Waals surface area contributed by atoms with Crippen molar-refractivity contribution in [1.29, 1.82) is 0 Å². The van der Waals surface area contributed by atoms with Gasteiger partial charge in [0.15, 0.2) is 5.11 Å². The van der Waals surface area contributed by atoms with Gasteiger partial charge in [-0.15, -0.1) is 0 Å². The summed E-state index contributed by atoms with van der Waals surface area (Å²) < 4.78 is 5.20. The van der Waals surface area contributed by atoms with E-state index in [0.29, 0.717) is 5.11 Å². The molecule has 1 aromatic heterocycles. The van der Waals surface area contributed by atoms with Crippen molar-refractivity contribution in [3.8, 4) is 0 Å². The molecule has 1 unspecified atom stereocenters. The summed E-state index contributed by atoms with van der Waals surface area (Å²) in [6.45, 7) is 0.812. The third-order valence-corrected chi connectivity index (χ3v) is 1.92. The molecule has 1 aliphatic heterocycles. The summed E-state index contributed by atoms with van der Waals surface area (Å²) in [6, 6.07) is 4.02. The minimum Gasteiger partial charge on any atom is -0.467 e. The molecule has 2 N–H and O–H groups in total. The second-order valence-corrected chi connectivity index (χ2v) is 2.83. The summed E-state index contributed by atoms with van der Waals surface area (Å²) in [4.78, 5) is 0. The lowest BCUT2D eigenvalue weighted by Gasteiger charge is -2.03. The van der Waals surface area contributed by atoms with Crippen molar-refractivity contribution in [1.82, 2.24) is 10.6 Å². The topological polar surface area (TPSA) is 37.2 Å². The molecule has 3 nitrogen and oxygen atoms in total. The lowest BCUT2D eigenvalue weighted by atomic mass is 10.2. The Kier molecular flexibility index (Phi) is 1.54. The first-order chi connectivity index (χ1) is 5.36. The van der Waals surface area contributed by atoms with Gasteiger partial charge >= 0.3 is 0 Å². The van der Waals surface area contributed by atoms with E-state index in [-0.39, 0.29) is 6.04 Å². The summed E-state index contributed by atoms with van der Waals surface area (Å²) in [6.07, 6.45) is 1.67. The van der Waals surface area contributed by atoms with Crippen molar-refractivity contribution in [3.05, 3.63) is 24.2 Å². The molecule has 1 atom stereocenters. The van der Waals surface area contributed by atoms with E-state index in [0.717, 1.165) is 12.3 Å². The average molecular weight is 168 g/mol. The fourth-order valence-corrected chi connectivity index (χ4v) is 1.34. The summed E-state index contributed by atoms with van der Waals surface area (Å²) in [7, 11) is 0. The Balaban J connectivity index is 2.13. The van der Waals surface area contributed by atoms with Crippen LogP contribution in [0.25, 0.3) is 0 Å². The normalized spacial score (nSPS) is 22.9. The third kappa shape index (κ3) is 1.21. The molecule has 1 saturated heterocycles. The van der Waals surface area contributed by atoms with Crippen LogP contribution in [-0.4, -0.2) is 11.7 Å². The van der Waals surface area contributed by atoms with Crippen molar-refractivity contribution < 1.29 is 4.42 Å². The Morgan fingerprint density at radius 2 is 2.55 bits per heavy atom. The molecule has 58 valence electrons. The summed E-state index contributed by atoms with van der Waals surface area (Å²) in [5.41, 5.74) is 0. The van der Waals surface area contributed by atoms with E-state index < -0.39 is 0 Å². The standard InChI is InChI=1S/C7H8N2OS/c11-7-8-4-5(9-7)6-2-1-3-10-6/h1-3,5H,4H2,(H2,8,9,11). The summed E-state index contributed by atoms with van der Waals surface area (Å²) >= 11 is 4.91. The van der Waals surface area contributed by atoms with Gasteiger partial charge in [0.25, 0.3) is 0 Å². The van der Waals surface area contributed by atoms with Crippen LogP contribution in [0.4, 0.5) is 0 Å². The van der Waals surface area contributed by atoms with Crippen LogP contribution in [0.5, 0.6) is 0 Å². The lowest BCUT2D eigenvalue weighted by molar-refractivity contribution is 0.462. The molecule has 1 fully saturated rings. The second-order valence-electron chi connectivity index (χ2n) is 2.42. The zero-order chi connectivity index (χ0) is 7.68. The van der Waals surface area contributed by atoms with Gasteiger partial charge in [-0.25, -0.2) is 0 Å². The molecule has 0 aliphatic carbocycles. The van der Waals surface area contributed by atoms with Gasteiger partial charge in [0.1, 0.15) is 11.8 Å². The molecule has 1 aromatic rings. The van der Waals surface area contributed by atoms with Crippen LogP contribution in [0.1, 0.15) is 11.8 Å². The van der Waals surface area contributed by atoms with E-state index in [4.69, 9.17) is 16.6 Å². The maximum atomic E-state index is 5.20. The van der Waals surface area contributed by atoms with Crippen LogP contribution in [0.3, 0.4) is 0 Å². The Morgan fingerprint density at radius 1 is 1.64 bits per heavy atom. The zero-order valence-corrected chi connectivity index (χ0v) is 6.65. The molecule has 0 spiro atoms. The molecule has 2 heterocycles. The molecule has 0 radical (unpaired) electrons. The highest BCUT2D eigenvalue weighted by molar-refractivity contribution is 7.80.